The molecule has 104 valence electrons. The van der Waals surface area contributed by atoms with Crippen molar-refractivity contribution in [1.29, 1.82) is 0 Å². The van der Waals surface area contributed by atoms with Gasteiger partial charge in [-0.15, -0.1) is 13.2 Å². The molecule has 0 unspecified atom stereocenters. The lowest BCUT2D eigenvalue weighted by atomic mass is 10.1. The van der Waals surface area contributed by atoms with Crippen LogP contribution in [-0.2, 0) is 0 Å². The van der Waals surface area contributed by atoms with Gasteiger partial charge >= 0.3 is 6.36 Å². The summed E-state index contributed by atoms with van der Waals surface area (Å²) >= 11 is 3.23. The van der Waals surface area contributed by atoms with Gasteiger partial charge < -0.3 is 4.74 Å². The van der Waals surface area contributed by atoms with E-state index in [-0.39, 0.29) is 5.75 Å². The van der Waals surface area contributed by atoms with Crippen LogP contribution in [0.25, 0.3) is 12.2 Å². The third-order valence-electron chi connectivity index (χ3n) is 2.46. The smallest absolute Gasteiger partial charge is 0.406 e. The summed E-state index contributed by atoms with van der Waals surface area (Å²) in [5, 5.41) is 0. The molecule has 2 aromatic carbocycles. The van der Waals surface area contributed by atoms with Crippen molar-refractivity contribution in [3.63, 3.8) is 0 Å². The Morgan fingerprint density at radius 1 is 0.950 bits per heavy atom. The van der Waals surface area contributed by atoms with Gasteiger partial charge in [-0.2, -0.15) is 0 Å². The van der Waals surface area contributed by atoms with Gasteiger partial charge in [0, 0.05) is 4.47 Å². The summed E-state index contributed by atoms with van der Waals surface area (Å²) in [4.78, 5) is 0. The molecule has 0 aromatic heterocycles. The fraction of sp³-hybridized carbons (Fsp3) is 0.0667. The van der Waals surface area contributed by atoms with Gasteiger partial charge in [-0.3, -0.25) is 0 Å². The van der Waals surface area contributed by atoms with Gasteiger partial charge in [0.2, 0.25) is 0 Å². The molecule has 0 atom stereocenters. The van der Waals surface area contributed by atoms with Crippen molar-refractivity contribution in [2.45, 2.75) is 6.36 Å². The Morgan fingerprint density at radius 3 is 2.25 bits per heavy atom. The summed E-state index contributed by atoms with van der Waals surface area (Å²) in [5.74, 6) is -0.249. The average Bonchev–Trinajstić information content (AvgIpc) is 2.37. The summed E-state index contributed by atoms with van der Waals surface area (Å²) < 4.78 is 40.7. The maximum atomic E-state index is 12.1. The van der Waals surface area contributed by atoms with Crippen LogP contribution >= 0.6 is 15.9 Å². The van der Waals surface area contributed by atoms with Gasteiger partial charge in [0.25, 0.3) is 0 Å². The molecule has 2 rings (SSSR count). The van der Waals surface area contributed by atoms with Crippen LogP contribution in [0.2, 0.25) is 0 Å². The van der Waals surface area contributed by atoms with Crippen LogP contribution in [0.4, 0.5) is 13.2 Å². The maximum absolute atomic E-state index is 12.1. The third-order valence-corrected chi connectivity index (χ3v) is 3.15. The largest absolute Gasteiger partial charge is 0.573 e. The van der Waals surface area contributed by atoms with E-state index in [1.54, 1.807) is 6.07 Å². The Hall–Kier alpha value is -1.75. The minimum absolute atomic E-state index is 0.249. The second kappa shape index (κ2) is 6.13. The van der Waals surface area contributed by atoms with E-state index >= 15 is 0 Å². The lowest BCUT2D eigenvalue weighted by molar-refractivity contribution is -0.274. The Balaban J connectivity index is 2.16. The van der Waals surface area contributed by atoms with Crippen molar-refractivity contribution in [1.82, 2.24) is 0 Å². The molecule has 1 nitrogen and oxygen atoms in total. The van der Waals surface area contributed by atoms with Crippen LogP contribution < -0.4 is 4.74 Å². The van der Waals surface area contributed by atoms with Crippen molar-refractivity contribution in [2.24, 2.45) is 0 Å². The highest BCUT2D eigenvalue weighted by atomic mass is 79.9. The van der Waals surface area contributed by atoms with Gasteiger partial charge in [0.05, 0.1) is 0 Å². The molecule has 0 radical (unpaired) electrons. The molecular formula is C15H10BrF3O. The van der Waals surface area contributed by atoms with E-state index < -0.39 is 6.36 Å². The first-order chi connectivity index (χ1) is 9.44. The van der Waals surface area contributed by atoms with Gasteiger partial charge in [0.1, 0.15) is 5.75 Å². The molecular weight excluding hydrogens is 333 g/mol. The zero-order valence-corrected chi connectivity index (χ0v) is 11.8. The number of halogens is 4. The third kappa shape index (κ3) is 4.42. The fourth-order valence-corrected chi connectivity index (χ4v) is 2.08. The lowest BCUT2D eigenvalue weighted by Crippen LogP contribution is -2.17. The fourth-order valence-electron chi connectivity index (χ4n) is 1.59. The minimum atomic E-state index is -4.68. The van der Waals surface area contributed by atoms with E-state index in [0.29, 0.717) is 4.47 Å². The molecule has 0 fully saturated rings. The van der Waals surface area contributed by atoms with Crippen LogP contribution in [0.15, 0.2) is 53.0 Å². The van der Waals surface area contributed by atoms with Crippen molar-refractivity contribution in [3.05, 3.63) is 64.1 Å². The zero-order valence-electron chi connectivity index (χ0n) is 10.2. The summed E-state index contributed by atoms with van der Waals surface area (Å²) in [6, 6.07) is 13.7. The molecule has 0 heterocycles. The van der Waals surface area contributed by atoms with Crippen LogP contribution in [0.3, 0.4) is 0 Å². The first-order valence-corrected chi connectivity index (χ1v) is 6.52. The Labute approximate surface area is 122 Å². The summed E-state index contributed by atoms with van der Waals surface area (Å²) in [6.07, 6.45) is -0.984. The van der Waals surface area contributed by atoms with E-state index in [1.165, 1.54) is 12.1 Å². The summed E-state index contributed by atoms with van der Waals surface area (Å²) in [7, 11) is 0. The van der Waals surface area contributed by atoms with E-state index in [9.17, 15) is 13.2 Å². The predicted octanol–water partition coefficient (Wildman–Crippen LogP) is 5.52. The van der Waals surface area contributed by atoms with Crippen molar-refractivity contribution >= 4 is 28.1 Å². The van der Waals surface area contributed by atoms with Gasteiger partial charge in [0.15, 0.2) is 0 Å². The highest BCUT2D eigenvalue weighted by Crippen LogP contribution is 2.28. The molecule has 0 bridgehead atoms. The summed E-state index contributed by atoms with van der Waals surface area (Å²) in [5.41, 5.74) is 1.78. The molecule has 0 N–H and O–H groups in total. The second-order valence-corrected chi connectivity index (χ2v) is 4.83. The van der Waals surface area contributed by atoms with E-state index in [0.717, 1.165) is 11.1 Å². The molecule has 2 aromatic rings. The Morgan fingerprint density at radius 2 is 1.65 bits per heavy atom. The summed E-state index contributed by atoms with van der Waals surface area (Å²) in [6.45, 7) is 0. The number of hydrogen-bond acceptors (Lipinski definition) is 1. The lowest BCUT2D eigenvalue weighted by Gasteiger charge is -2.09. The van der Waals surface area contributed by atoms with Gasteiger partial charge in [-0.25, -0.2) is 0 Å². The standard InChI is InChI=1S/C15H10BrF3O/c16-14-10-13(20-15(17,18)19)9-8-12(14)7-6-11-4-2-1-3-5-11/h1-10H/b7-6+. The van der Waals surface area contributed by atoms with E-state index in [2.05, 4.69) is 20.7 Å². The molecule has 0 aliphatic carbocycles. The predicted molar refractivity (Wildman–Crippen MR) is 76.2 cm³/mol. The molecule has 0 amide bonds. The molecule has 0 spiro atoms. The van der Waals surface area contributed by atoms with Gasteiger partial charge in [-0.1, -0.05) is 64.5 Å². The quantitative estimate of drug-likeness (QED) is 0.667. The highest BCUT2D eigenvalue weighted by Gasteiger charge is 2.31. The number of rotatable bonds is 3. The normalized spacial score (nSPS) is 11.8. The molecule has 0 saturated carbocycles. The SMILES string of the molecule is FC(F)(F)Oc1ccc(/C=C/c2ccccc2)c(Br)c1. The van der Waals surface area contributed by atoms with Gasteiger partial charge in [-0.05, 0) is 23.3 Å². The maximum Gasteiger partial charge on any atom is 0.573 e. The van der Waals surface area contributed by atoms with Crippen molar-refractivity contribution < 1.29 is 17.9 Å². The first kappa shape index (κ1) is 14.7. The van der Waals surface area contributed by atoms with Crippen LogP contribution in [0, 0.1) is 0 Å². The monoisotopic (exact) mass is 342 g/mol. The number of hydrogen-bond donors (Lipinski definition) is 0. The Kier molecular flexibility index (Phi) is 4.49. The molecule has 5 heteroatoms. The van der Waals surface area contributed by atoms with Crippen molar-refractivity contribution in [3.8, 4) is 5.75 Å². The number of ether oxygens (including phenoxy) is 1. The molecule has 0 saturated heterocycles. The second-order valence-electron chi connectivity index (χ2n) is 3.98. The number of alkyl halides is 3. The highest BCUT2D eigenvalue weighted by molar-refractivity contribution is 9.10. The van der Waals surface area contributed by atoms with E-state index in [1.807, 2.05) is 42.5 Å². The first-order valence-electron chi connectivity index (χ1n) is 5.72. The van der Waals surface area contributed by atoms with Crippen LogP contribution in [0.1, 0.15) is 11.1 Å². The van der Waals surface area contributed by atoms with Crippen molar-refractivity contribution in [2.75, 3.05) is 0 Å². The minimum Gasteiger partial charge on any atom is -0.406 e. The Bertz CT molecular complexity index is 606. The topological polar surface area (TPSA) is 9.23 Å². The van der Waals surface area contributed by atoms with Crippen LogP contribution in [-0.4, -0.2) is 6.36 Å². The molecule has 0 aliphatic heterocycles. The average molecular weight is 343 g/mol. The van der Waals surface area contributed by atoms with Crippen LogP contribution in [0.5, 0.6) is 5.75 Å². The molecule has 0 aliphatic rings. The molecule has 20 heavy (non-hydrogen) atoms. The zero-order chi connectivity index (χ0) is 14.6. The van der Waals surface area contributed by atoms with E-state index in [4.69, 9.17) is 0 Å². The number of benzene rings is 2.